The van der Waals surface area contributed by atoms with Crippen LogP contribution in [0.1, 0.15) is 75.7 Å². The first kappa shape index (κ1) is 34.5. The molecule has 264 valence electrons. The number of carbonyl (C=O) groups excluding carboxylic acids is 2. The number of phenolic OH excluding ortho intramolecular Hbond substituents is 1. The first-order valence-electron chi connectivity index (χ1n) is 18.0. The number of ether oxygens (including phenoxy) is 4. The highest BCUT2D eigenvalue weighted by Gasteiger charge is 2.38. The topological polar surface area (TPSA) is 94.5 Å². The highest BCUT2D eigenvalue weighted by molar-refractivity contribution is 6.02. The van der Waals surface area contributed by atoms with E-state index >= 15 is 0 Å². The maximum Gasteiger partial charge on any atom is 0.255 e. The molecule has 0 aromatic heterocycles. The lowest BCUT2D eigenvalue weighted by Crippen LogP contribution is -2.43. The van der Waals surface area contributed by atoms with Crippen LogP contribution in [-0.4, -0.2) is 67.4 Å². The molecule has 0 saturated heterocycles. The van der Waals surface area contributed by atoms with Crippen molar-refractivity contribution in [3.8, 4) is 17.2 Å². The molecule has 0 radical (unpaired) electrons. The van der Waals surface area contributed by atoms with E-state index in [4.69, 9.17) is 18.9 Å². The maximum absolute atomic E-state index is 13.0. The van der Waals surface area contributed by atoms with E-state index in [9.17, 15) is 14.7 Å². The molecule has 8 nitrogen and oxygen atoms in total. The molecular weight excluding hydrogens is 642 g/mol. The van der Waals surface area contributed by atoms with Crippen LogP contribution in [0.4, 0.5) is 0 Å². The van der Waals surface area contributed by atoms with Crippen LogP contribution in [0.3, 0.4) is 0 Å². The predicted octanol–water partition coefficient (Wildman–Crippen LogP) is 7.38. The number of hydrogen-bond donors (Lipinski definition) is 1. The Bertz CT molecular complexity index is 1850. The fourth-order valence-electron chi connectivity index (χ4n) is 7.75. The third-order valence-corrected chi connectivity index (χ3v) is 10.3. The SMILES string of the molecule is C=C1CC[C@H](N2Cc3cc(OCCOCCOCCOc4ccc([C@H]5c6ccc(O)cc6CC[C@H]5c5ccccc5)cc4)ccc3C2=O)C(=O)C1. The predicted molar refractivity (Wildman–Crippen MR) is 195 cm³/mol. The summed E-state index contributed by atoms with van der Waals surface area (Å²) in [5.41, 5.74) is 7.53. The van der Waals surface area contributed by atoms with E-state index < -0.39 is 0 Å². The number of allylic oxidation sites excluding steroid dienone is 1. The molecule has 0 bridgehead atoms. The number of rotatable bonds is 14. The molecule has 1 N–H and O–H groups in total. The van der Waals surface area contributed by atoms with E-state index in [-0.39, 0.29) is 23.7 Å². The molecule has 1 fully saturated rings. The van der Waals surface area contributed by atoms with Gasteiger partial charge in [0.2, 0.25) is 0 Å². The van der Waals surface area contributed by atoms with Crippen molar-refractivity contribution in [3.05, 3.63) is 137 Å². The summed E-state index contributed by atoms with van der Waals surface area (Å²) in [7, 11) is 0. The number of phenols is 1. The van der Waals surface area contributed by atoms with Gasteiger partial charge in [0, 0.05) is 24.4 Å². The minimum atomic E-state index is -0.370. The molecule has 7 rings (SSSR count). The number of amides is 1. The van der Waals surface area contributed by atoms with E-state index in [0.29, 0.717) is 82.0 Å². The fourth-order valence-corrected chi connectivity index (χ4v) is 7.75. The van der Waals surface area contributed by atoms with Crippen molar-refractivity contribution in [2.24, 2.45) is 0 Å². The van der Waals surface area contributed by atoms with Crippen molar-refractivity contribution in [2.75, 3.05) is 39.6 Å². The monoisotopic (exact) mass is 687 g/mol. The van der Waals surface area contributed by atoms with Crippen LogP contribution in [0, 0.1) is 0 Å². The number of benzene rings is 4. The maximum atomic E-state index is 13.0. The fraction of sp³-hybridized carbons (Fsp3) is 0.349. The molecule has 3 aliphatic rings. The van der Waals surface area contributed by atoms with Crippen LogP contribution in [0.15, 0.2) is 103 Å². The van der Waals surface area contributed by atoms with Crippen LogP contribution in [0.2, 0.25) is 0 Å². The number of ketones is 1. The van der Waals surface area contributed by atoms with E-state index in [1.54, 1.807) is 23.1 Å². The van der Waals surface area contributed by atoms with Gasteiger partial charge < -0.3 is 29.0 Å². The smallest absolute Gasteiger partial charge is 0.255 e. The summed E-state index contributed by atoms with van der Waals surface area (Å²) in [6.07, 6.45) is 3.75. The van der Waals surface area contributed by atoms with Gasteiger partial charge >= 0.3 is 0 Å². The van der Waals surface area contributed by atoms with E-state index in [1.807, 2.05) is 24.3 Å². The van der Waals surface area contributed by atoms with Gasteiger partial charge in [-0.15, -0.1) is 0 Å². The minimum Gasteiger partial charge on any atom is -0.508 e. The molecule has 0 spiro atoms. The molecule has 0 unspecified atom stereocenters. The highest BCUT2D eigenvalue weighted by atomic mass is 16.6. The lowest BCUT2D eigenvalue weighted by atomic mass is 9.69. The van der Waals surface area contributed by atoms with Gasteiger partial charge in [-0.25, -0.2) is 0 Å². The number of Topliss-reactive ketones (excluding diaryl/α,β-unsaturated/α-hetero) is 1. The summed E-state index contributed by atoms with van der Waals surface area (Å²) in [6, 6.07) is 30.0. The molecule has 1 heterocycles. The lowest BCUT2D eigenvalue weighted by molar-refractivity contribution is -0.124. The van der Waals surface area contributed by atoms with Crippen molar-refractivity contribution in [1.29, 1.82) is 0 Å². The zero-order valence-corrected chi connectivity index (χ0v) is 28.9. The average Bonchev–Trinajstić information content (AvgIpc) is 3.47. The number of nitrogens with zero attached hydrogens (tertiary/aromatic N) is 1. The first-order valence-corrected chi connectivity index (χ1v) is 18.0. The molecular formula is C43H45NO7. The third kappa shape index (κ3) is 8.03. The Hall–Kier alpha value is -4.92. The molecule has 4 aromatic carbocycles. The van der Waals surface area contributed by atoms with Gasteiger partial charge in [-0.3, -0.25) is 9.59 Å². The summed E-state index contributed by atoms with van der Waals surface area (Å²) in [4.78, 5) is 27.2. The largest absolute Gasteiger partial charge is 0.508 e. The van der Waals surface area contributed by atoms with Crippen LogP contribution in [-0.2, 0) is 27.2 Å². The van der Waals surface area contributed by atoms with Crippen molar-refractivity contribution < 1.29 is 33.6 Å². The molecule has 1 aliphatic heterocycles. The van der Waals surface area contributed by atoms with Gasteiger partial charge in [0.1, 0.15) is 30.5 Å². The Kier molecular flexibility index (Phi) is 10.8. The summed E-state index contributed by atoms with van der Waals surface area (Å²) >= 11 is 0. The standard InChI is InChI=1S/C43H45NO7/c1-29-7-18-40(41(46)25-29)44-28-33-27-36(14-17-39(33)43(44)47)51-24-22-49-20-19-48-21-23-50-35-12-8-31(9-13-35)42-37(30-5-3-2-4-6-30)15-10-32-26-34(45)11-16-38(32)42/h2-6,8-9,11-14,16-17,26-27,37,40,42,45H,1,7,10,15,18-25,28H2/t37-,40-,42+/m0/s1. The lowest BCUT2D eigenvalue weighted by Gasteiger charge is -2.34. The van der Waals surface area contributed by atoms with Crippen molar-refractivity contribution in [1.82, 2.24) is 4.90 Å². The van der Waals surface area contributed by atoms with Gasteiger partial charge in [-0.05, 0) is 102 Å². The van der Waals surface area contributed by atoms with E-state index in [1.165, 1.54) is 22.3 Å². The molecule has 8 heteroatoms. The van der Waals surface area contributed by atoms with Gasteiger partial charge in [0.25, 0.3) is 5.91 Å². The Labute approximate surface area is 299 Å². The highest BCUT2D eigenvalue weighted by Crippen LogP contribution is 2.47. The van der Waals surface area contributed by atoms with Crippen molar-refractivity contribution >= 4 is 11.7 Å². The molecule has 2 aliphatic carbocycles. The number of carbonyl (C=O) groups is 2. The number of aromatic hydroxyl groups is 1. The van der Waals surface area contributed by atoms with Gasteiger partial charge in [-0.2, -0.15) is 0 Å². The van der Waals surface area contributed by atoms with Crippen LogP contribution >= 0.6 is 0 Å². The Morgan fingerprint density at radius 3 is 2.16 bits per heavy atom. The van der Waals surface area contributed by atoms with Gasteiger partial charge in [0.15, 0.2) is 5.78 Å². The number of fused-ring (bicyclic) bond motifs is 2. The molecule has 51 heavy (non-hydrogen) atoms. The molecule has 4 aromatic rings. The second kappa shape index (κ2) is 16.0. The van der Waals surface area contributed by atoms with Crippen molar-refractivity contribution in [2.45, 2.75) is 56.5 Å². The van der Waals surface area contributed by atoms with Gasteiger partial charge in [0.05, 0.1) is 32.5 Å². The first-order chi connectivity index (χ1) is 24.9. The second-order valence-electron chi connectivity index (χ2n) is 13.6. The summed E-state index contributed by atoms with van der Waals surface area (Å²) in [5, 5.41) is 10.1. The zero-order valence-electron chi connectivity index (χ0n) is 28.9. The second-order valence-corrected chi connectivity index (χ2v) is 13.6. The van der Waals surface area contributed by atoms with E-state index in [0.717, 1.165) is 36.1 Å². The number of aryl methyl sites for hydroxylation is 1. The Morgan fingerprint density at radius 2 is 1.41 bits per heavy atom. The third-order valence-electron chi connectivity index (χ3n) is 10.3. The molecule has 1 saturated carbocycles. The van der Waals surface area contributed by atoms with Crippen LogP contribution in [0.5, 0.6) is 17.2 Å². The zero-order chi connectivity index (χ0) is 35.2. The van der Waals surface area contributed by atoms with E-state index in [2.05, 4.69) is 55.1 Å². The quantitative estimate of drug-likeness (QED) is 0.109. The normalized spacial score (nSPS) is 19.9. The Balaban J connectivity index is 0.804. The number of hydrogen-bond acceptors (Lipinski definition) is 7. The van der Waals surface area contributed by atoms with Crippen LogP contribution < -0.4 is 9.47 Å². The average molecular weight is 688 g/mol. The summed E-state index contributed by atoms with van der Waals surface area (Å²) < 4.78 is 23.2. The van der Waals surface area contributed by atoms with Gasteiger partial charge in [-0.1, -0.05) is 60.7 Å². The minimum absolute atomic E-state index is 0.0747. The van der Waals surface area contributed by atoms with Crippen molar-refractivity contribution in [3.63, 3.8) is 0 Å². The summed E-state index contributed by atoms with van der Waals surface area (Å²) in [5.74, 6) is 2.34. The summed E-state index contributed by atoms with van der Waals surface area (Å²) in [6.45, 7) is 6.91. The molecule has 3 atom stereocenters. The Morgan fingerprint density at radius 1 is 0.706 bits per heavy atom. The molecule has 1 amide bonds. The van der Waals surface area contributed by atoms with Crippen LogP contribution in [0.25, 0.3) is 0 Å².